The largest absolute Gasteiger partial charge is 0.477 e. The van der Waals surface area contributed by atoms with Crippen LogP contribution in [0.15, 0.2) is 23.1 Å². The summed E-state index contributed by atoms with van der Waals surface area (Å²) in [5, 5.41) is 9.51. The SMILES string of the molecule is Cc1cc(Cl)c2[nH]cc(C(=O)O)c(=O)c2c1. The molecule has 0 radical (unpaired) electrons. The maximum absolute atomic E-state index is 11.8. The molecule has 0 atom stereocenters. The zero-order chi connectivity index (χ0) is 11.9. The number of hydrogen-bond donors (Lipinski definition) is 2. The summed E-state index contributed by atoms with van der Waals surface area (Å²) in [6, 6.07) is 3.33. The van der Waals surface area contributed by atoms with Crippen molar-refractivity contribution in [2.24, 2.45) is 0 Å². The lowest BCUT2D eigenvalue weighted by Gasteiger charge is -2.03. The molecule has 1 heterocycles. The third kappa shape index (κ3) is 1.57. The minimum atomic E-state index is -1.25. The number of fused-ring (bicyclic) bond motifs is 1. The minimum Gasteiger partial charge on any atom is -0.477 e. The summed E-state index contributed by atoms with van der Waals surface area (Å²) in [7, 11) is 0. The molecule has 82 valence electrons. The molecule has 1 aromatic carbocycles. The Labute approximate surface area is 95.5 Å². The average molecular weight is 238 g/mol. The van der Waals surface area contributed by atoms with Gasteiger partial charge in [0.2, 0.25) is 5.43 Å². The molecule has 4 nitrogen and oxygen atoms in total. The van der Waals surface area contributed by atoms with Crippen molar-refractivity contribution in [1.29, 1.82) is 0 Å². The smallest absolute Gasteiger partial charge is 0.341 e. The van der Waals surface area contributed by atoms with Crippen molar-refractivity contribution in [3.8, 4) is 0 Å². The molecule has 0 saturated heterocycles. The van der Waals surface area contributed by atoms with E-state index >= 15 is 0 Å². The summed E-state index contributed by atoms with van der Waals surface area (Å²) in [6.45, 7) is 1.79. The van der Waals surface area contributed by atoms with Gasteiger partial charge < -0.3 is 10.1 Å². The van der Waals surface area contributed by atoms with Crippen molar-refractivity contribution in [2.75, 3.05) is 0 Å². The van der Waals surface area contributed by atoms with Crippen LogP contribution < -0.4 is 5.43 Å². The van der Waals surface area contributed by atoms with Crippen molar-refractivity contribution in [1.82, 2.24) is 4.98 Å². The fourth-order valence-electron chi connectivity index (χ4n) is 1.58. The molecule has 5 heteroatoms. The molecule has 0 bridgehead atoms. The van der Waals surface area contributed by atoms with Gasteiger partial charge in [-0.3, -0.25) is 4.79 Å². The minimum absolute atomic E-state index is 0.283. The number of pyridine rings is 1. The van der Waals surface area contributed by atoms with E-state index in [0.29, 0.717) is 15.9 Å². The van der Waals surface area contributed by atoms with Gasteiger partial charge in [0, 0.05) is 11.6 Å². The predicted octanol–water partition coefficient (Wildman–Crippen LogP) is 2.19. The van der Waals surface area contributed by atoms with Crippen LogP contribution in [0.5, 0.6) is 0 Å². The maximum atomic E-state index is 11.8. The van der Waals surface area contributed by atoms with Crippen LogP contribution in [-0.2, 0) is 0 Å². The average Bonchev–Trinajstić information content (AvgIpc) is 2.19. The fraction of sp³-hybridized carbons (Fsp3) is 0.0909. The number of benzene rings is 1. The number of carbonyl (C=O) groups is 1. The Morgan fingerprint density at radius 1 is 1.44 bits per heavy atom. The number of nitrogens with one attached hydrogen (secondary N) is 1. The number of aryl methyl sites for hydroxylation is 1. The molecule has 2 aromatic rings. The number of aromatic carboxylic acids is 1. The second-order valence-electron chi connectivity index (χ2n) is 3.51. The lowest BCUT2D eigenvalue weighted by Crippen LogP contribution is -2.15. The molecule has 16 heavy (non-hydrogen) atoms. The van der Waals surface area contributed by atoms with Crippen LogP contribution in [0.1, 0.15) is 15.9 Å². The maximum Gasteiger partial charge on any atom is 0.341 e. The summed E-state index contributed by atoms with van der Waals surface area (Å²) >= 11 is 5.95. The van der Waals surface area contributed by atoms with Gasteiger partial charge >= 0.3 is 5.97 Å². The van der Waals surface area contributed by atoms with Crippen LogP contribution in [0.4, 0.5) is 0 Å². The highest BCUT2D eigenvalue weighted by Gasteiger charge is 2.12. The first kappa shape index (κ1) is 10.7. The van der Waals surface area contributed by atoms with Crippen LogP contribution in [0.2, 0.25) is 5.02 Å². The monoisotopic (exact) mass is 237 g/mol. The molecular weight excluding hydrogens is 230 g/mol. The second-order valence-corrected chi connectivity index (χ2v) is 3.91. The Morgan fingerprint density at radius 2 is 2.12 bits per heavy atom. The normalized spacial score (nSPS) is 10.6. The Hall–Kier alpha value is -1.81. The van der Waals surface area contributed by atoms with E-state index in [1.54, 1.807) is 19.1 Å². The predicted molar refractivity (Wildman–Crippen MR) is 61.3 cm³/mol. The van der Waals surface area contributed by atoms with Crippen molar-refractivity contribution in [3.63, 3.8) is 0 Å². The van der Waals surface area contributed by atoms with Gasteiger partial charge in [0.25, 0.3) is 0 Å². The van der Waals surface area contributed by atoms with E-state index in [2.05, 4.69) is 4.98 Å². The topological polar surface area (TPSA) is 70.2 Å². The number of halogens is 1. The Kier molecular flexibility index (Phi) is 2.44. The molecule has 0 aliphatic carbocycles. The fourth-order valence-corrected chi connectivity index (χ4v) is 1.91. The highest BCUT2D eigenvalue weighted by atomic mass is 35.5. The van der Waals surface area contributed by atoms with Crippen molar-refractivity contribution in [3.05, 3.63) is 44.7 Å². The number of carboxylic acids is 1. The van der Waals surface area contributed by atoms with Crippen LogP contribution in [0, 0.1) is 6.92 Å². The van der Waals surface area contributed by atoms with E-state index in [4.69, 9.17) is 16.7 Å². The molecule has 0 unspecified atom stereocenters. The van der Waals surface area contributed by atoms with Crippen LogP contribution in [0.25, 0.3) is 10.9 Å². The van der Waals surface area contributed by atoms with E-state index in [1.165, 1.54) is 0 Å². The molecule has 0 amide bonds. The first-order chi connectivity index (χ1) is 7.50. The highest BCUT2D eigenvalue weighted by Crippen LogP contribution is 2.21. The molecule has 0 saturated carbocycles. The molecule has 1 aromatic heterocycles. The zero-order valence-corrected chi connectivity index (χ0v) is 9.13. The summed E-state index contributed by atoms with van der Waals surface area (Å²) in [6.07, 6.45) is 1.16. The molecule has 0 aliphatic rings. The number of aromatic amines is 1. The van der Waals surface area contributed by atoms with Gasteiger partial charge in [0.1, 0.15) is 5.56 Å². The summed E-state index contributed by atoms with van der Waals surface area (Å²) in [4.78, 5) is 25.3. The standard InChI is InChI=1S/C11H8ClNO3/c1-5-2-6-9(8(12)3-5)13-4-7(10(6)14)11(15)16/h2-4H,1H3,(H,13,14)(H,15,16). The highest BCUT2D eigenvalue weighted by molar-refractivity contribution is 6.35. The van der Waals surface area contributed by atoms with Gasteiger partial charge in [-0.05, 0) is 24.6 Å². The number of rotatable bonds is 1. The molecule has 2 N–H and O–H groups in total. The first-order valence-electron chi connectivity index (χ1n) is 4.55. The van der Waals surface area contributed by atoms with E-state index in [9.17, 15) is 9.59 Å². The molecule has 0 fully saturated rings. The third-order valence-electron chi connectivity index (χ3n) is 2.32. The van der Waals surface area contributed by atoms with E-state index in [-0.39, 0.29) is 5.56 Å². The quantitative estimate of drug-likeness (QED) is 0.799. The lowest BCUT2D eigenvalue weighted by molar-refractivity contribution is 0.0695. The van der Waals surface area contributed by atoms with Gasteiger partial charge in [-0.15, -0.1) is 0 Å². The van der Waals surface area contributed by atoms with Gasteiger partial charge in [-0.25, -0.2) is 4.79 Å². The van der Waals surface area contributed by atoms with Gasteiger partial charge in [-0.1, -0.05) is 11.6 Å². The van der Waals surface area contributed by atoms with E-state index in [0.717, 1.165) is 11.8 Å². The molecular formula is C11H8ClNO3. The van der Waals surface area contributed by atoms with Crippen LogP contribution >= 0.6 is 11.6 Å². The van der Waals surface area contributed by atoms with E-state index in [1.807, 2.05) is 0 Å². The Balaban J connectivity index is 2.95. The van der Waals surface area contributed by atoms with Gasteiger partial charge in [0.05, 0.1) is 10.5 Å². The van der Waals surface area contributed by atoms with Crippen molar-refractivity contribution >= 4 is 28.5 Å². The second kappa shape index (κ2) is 3.64. The first-order valence-corrected chi connectivity index (χ1v) is 4.93. The lowest BCUT2D eigenvalue weighted by atomic mass is 10.1. The van der Waals surface area contributed by atoms with Crippen LogP contribution in [-0.4, -0.2) is 16.1 Å². The third-order valence-corrected chi connectivity index (χ3v) is 2.61. The number of carboxylic acid groups (broad SMARTS) is 1. The number of H-pyrrole nitrogens is 1. The zero-order valence-electron chi connectivity index (χ0n) is 8.37. The summed E-state index contributed by atoms with van der Waals surface area (Å²) in [5.41, 5.74) is 0.467. The Bertz CT molecular complexity index is 645. The molecule has 2 rings (SSSR count). The van der Waals surface area contributed by atoms with Crippen molar-refractivity contribution in [2.45, 2.75) is 6.92 Å². The summed E-state index contributed by atoms with van der Waals surface area (Å²) < 4.78 is 0. The molecule has 0 aliphatic heterocycles. The van der Waals surface area contributed by atoms with Gasteiger partial charge in [0.15, 0.2) is 0 Å². The van der Waals surface area contributed by atoms with Gasteiger partial charge in [-0.2, -0.15) is 0 Å². The number of aromatic nitrogens is 1. The number of hydrogen-bond acceptors (Lipinski definition) is 2. The van der Waals surface area contributed by atoms with E-state index < -0.39 is 11.4 Å². The summed E-state index contributed by atoms with van der Waals surface area (Å²) in [5.74, 6) is -1.25. The Morgan fingerprint density at radius 3 is 2.75 bits per heavy atom. The van der Waals surface area contributed by atoms with Crippen molar-refractivity contribution < 1.29 is 9.90 Å². The molecule has 0 spiro atoms. The van der Waals surface area contributed by atoms with Crippen LogP contribution in [0.3, 0.4) is 0 Å².